The quantitative estimate of drug-likeness (QED) is 0.112. The summed E-state index contributed by atoms with van der Waals surface area (Å²) in [6.45, 7) is 6.67. The maximum absolute atomic E-state index is 9.14. The molecular weight excluding hydrogens is 975 g/mol. The molecule has 0 atom stereocenters. The van der Waals surface area contributed by atoms with Gasteiger partial charge in [-0.05, 0) is 142 Å². The maximum atomic E-state index is 9.14. The van der Waals surface area contributed by atoms with Gasteiger partial charge in [0, 0.05) is 39.5 Å². The SMILES string of the molecule is [2H]c1c([2H])c([2H])c(-c2cccc(-c3c([2H])c([2H])c([2H])c([2H])c3[2H])c2-[n+]2[c-]n(-c3cccc(Oc4ccc5c6c7ccc(c6n(-c6cc(C(C)(C)C)ccn6)c5c4)CCc4ccc(c5c6ccccc6n(-c6ccccc6)c45)CC7)c3)c3ccccc32)c([2H])c1[2H]. The molecule has 0 N–H and O–H groups in total. The molecule has 0 amide bonds. The Bertz CT molecular complexity index is 5210. The van der Waals surface area contributed by atoms with Gasteiger partial charge in [-0.2, -0.15) is 0 Å². The van der Waals surface area contributed by atoms with Gasteiger partial charge >= 0.3 is 0 Å². The van der Waals surface area contributed by atoms with Crippen molar-refractivity contribution in [3.63, 3.8) is 0 Å². The van der Waals surface area contributed by atoms with Gasteiger partial charge in [0.05, 0.1) is 58.2 Å². The van der Waals surface area contributed by atoms with E-state index < -0.39 is 60.4 Å². The van der Waals surface area contributed by atoms with Crippen LogP contribution in [-0.4, -0.2) is 18.7 Å². The molecule has 2 aliphatic carbocycles. The number of benzene rings is 10. The summed E-state index contributed by atoms with van der Waals surface area (Å²) in [5.41, 5.74) is 13.8. The van der Waals surface area contributed by atoms with Gasteiger partial charge in [0.2, 0.25) is 0 Å². The topological polar surface area (TPSA) is 40.8 Å². The zero-order valence-corrected chi connectivity index (χ0v) is 44.3. The van der Waals surface area contributed by atoms with E-state index >= 15 is 0 Å². The van der Waals surface area contributed by atoms with Gasteiger partial charge in [0.1, 0.15) is 17.3 Å². The van der Waals surface area contributed by atoms with Gasteiger partial charge in [-0.25, -0.2) is 4.98 Å². The van der Waals surface area contributed by atoms with E-state index in [-0.39, 0.29) is 33.4 Å². The fourth-order valence-electron chi connectivity index (χ4n) is 12.2. The molecule has 6 heteroatoms. The molecule has 10 aromatic carbocycles. The van der Waals surface area contributed by atoms with Crippen LogP contribution in [0.15, 0.2) is 243 Å². The summed E-state index contributed by atoms with van der Waals surface area (Å²) in [5.74, 6) is 1.92. The van der Waals surface area contributed by atoms with E-state index in [2.05, 4.69) is 139 Å². The molecule has 0 saturated heterocycles. The second-order valence-corrected chi connectivity index (χ2v) is 21.6. The third kappa shape index (κ3) is 7.93. The molecule has 14 aromatic rings. The van der Waals surface area contributed by atoms with E-state index in [4.69, 9.17) is 23.4 Å². The summed E-state index contributed by atoms with van der Waals surface area (Å²) in [7, 11) is 0. The molecule has 0 aliphatic heterocycles. The Hall–Kier alpha value is -9.78. The minimum absolute atomic E-state index is 0.131. The monoisotopic (exact) mass is 1040 g/mol. The number of hydrogen-bond acceptors (Lipinski definition) is 2. The van der Waals surface area contributed by atoms with Crippen LogP contribution in [0.5, 0.6) is 11.5 Å². The highest BCUT2D eigenvalue weighted by Crippen LogP contribution is 2.43. The van der Waals surface area contributed by atoms with Crippen molar-refractivity contribution >= 4 is 54.6 Å². The number of aryl methyl sites for hydroxylation is 4. The average molecular weight is 1040 g/mol. The highest BCUT2D eigenvalue weighted by atomic mass is 16.5. The predicted molar refractivity (Wildman–Crippen MR) is 327 cm³/mol. The van der Waals surface area contributed by atoms with E-state index in [9.17, 15) is 0 Å². The molecule has 0 fully saturated rings. The van der Waals surface area contributed by atoms with E-state index in [1.165, 1.54) is 49.4 Å². The molecular formula is C74H57N5O. The summed E-state index contributed by atoms with van der Waals surface area (Å²) in [4.78, 5) is 5.15. The van der Waals surface area contributed by atoms with Crippen molar-refractivity contribution in [3.05, 3.63) is 277 Å². The molecule has 2 aliphatic rings. The lowest BCUT2D eigenvalue weighted by Crippen LogP contribution is -2.31. The molecule has 0 spiro atoms. The van der Waals surface area contributed by atoms with Crippen molar-refractivity contribution in [1.82, 2.24) is 18.7 Å². The molecule has 4 bridgehead atoms. The van der Waals surface area contributed by atoms with Crippen LogP contribution in [0.25, 0.3) is 99.8 Å². The summed E-state index contributed by atoms with van der Waals surface area (Å²) < 4.78 is 103. The van der Waals surface area contributed by atoms with Crippen molar-refractivity contribution < 1.29 is 23.0 Å². The molecule has 80 heavy (non-hydrogen) atoms. The summed E-state index contributed by atoms with van der Waals surface area (Å²) in [5, 5.41) is 4.86. The standard InChI is InChI=1S/C74H57N5O/c1-74(2,3)55-43-44-75-68(45-55)79-67-47-59(41-42-63(67)70-52-34-33-51-35-37-53(39-40-54(38-36-52)72(70)79)71-69(51)62-27-13-14-30-64(62)78(71)56-23-11-6-12-24-56)80-58-26-17-25-57(46-58)76-48-77(66-32-16-15-31-65(66)76)73-60(49-19-7-4-8-20-49)28-18-29-61(73)50-21-9-5-10-22-50/h4-32,35-38,41-47H,33-34,39-40H2,1-3H3/i4D,5D,7D,8D,9D,10D,19D,20D,21D,22D. The first-order valence-electron chi connectivity index (χ1n) is 32.1. The van der Waals surface area contributed by atoms with Crippen molar-refractivity contribution in [2.24, 2.45) is 0 Å². The van der Waals surface area contributed by atoms with Crippen LogP contribution >= 0.6 is 0 Å². The van der Waals surface area contributed by atoms with Gasteiger partial charge in [-0.1, -0.05) is 190 Å². The lowest BCUT2D eigenvalue weighted by molar-refractivity contribution is -0.571. The van der Waals surface area contributed by atoms with Crippen molar-refractivity contribution in [1.29, 1.82) is 0 Å². The predicted octanol–water partition coefficient (Wildman–Crippen LogP) is 17.6. The molecule has 4 aromatic heterocycles. The van der Waals surface area contributed by atoms with E-state index in [0.29, 0.717) is 28.2 Å². The van der Waals surface area contributed by atoms with Crippen molar-refractivity contribution in [2.45, 2.75) is 51.9 Å². The second kappa shape index (κ2) is 19.0. The lowest BCUT2D eigenvalue weighted by Gasteiger charge is -2.20. The third-order valence-corrected chi connectivity index (χ3v) is 15.9. The fraction of sp³-hybridized carbons (Fsp3) is 0.108. The number of para-hydroxylation sites is 5. The number of fused-ring (bicyclic) bond motifs is 8. The smallest absolute Gasteiger partial charge is 0.269 e. The van der Waals surface area contributed by atoms with E-state index in [1.54, 1.807) is 22.8 Å². The van der Waals surface area contributed by atoms with Gasteiger partial charge < -0.3 is 9.30 Å². The molecule has 0 radical (unpaired) electrons. The maximum Gasteiger partial charge on any atom is 0.269 e. The van der Waals surface area contributed by atoms with Crippen LogP contribution in [0.1, 0.15) is 62.3 Å². The fourth-order valence-corrected chi connectivity index (χ4v) is 12.2. The number of hydrogen-bond donors (Lipinski definition) is 0. The van der Waals surface area contributed by atoms with Crippen LogP contribution < -0.4 is 9.30 Å². The van der Waals surface area contributed by atoms with Gasteiger partial charge in [-0.15, -0.1) is 0 Å². The molecule has 384 valence electrons. The molecule has 6 nitrogen and oxygen atoms in total. The van der Waals surface area contributed by atoms with Crippen LogP contribution in [0.3, 0.4) is 0 Å². The normalized spacial score (nSPS) is 14.5. The van der Waals surface area contributed by atoms with Crippen molar-refractivity contribution in [3.8, 4) is 56.6 Å². The largest absolute Gasteiger partial charge is 0.458 e. The van der Waals surface area contributed by atoms with Crippen LogP contribution in [-0.2, 0) is 31.1 Å². The molecule has 0 saturated carbocycles. The Labute approximate surface area is 479 Å². The zero-order valence-electron chi connectivity index (χ0n) is 54.3. The third-order valence-electron chi connectivity index (χ3n) is 15.9. The molecule has 16 rings (SSSR count). The number of aromatic nitrogens is 5. The lowest BCUT2D eigenvalue weighted by atomic mass is 9.88. The number of pyridine rings is 1. The van der Waals surface area contributed by atoms with Gasteiger partial charge in [-0.3, -0.25) is 13.7 Å². The average Bonchev–Trinajstić information content (AvgIpc) is 1.47. The Morgan fingerprint density at radius 2 is 1.07 bits per heavy atom. The Morgan fingerprint density at radius 1 is 0.500 bits per heavy atom. The van der Waals surface area contributed by atoms with Gasteiger partial charge in [0.25, 0.3) is 6.33 Å². The first kappa shape index (κ1) is 37.9. The summed E-state index contributed by atoms with van der Waals surface area (Å²) >= 11 is 0. The number of rotatable bonds is 8. The Balaban J connectivity index is 0.881. The first-order valence-corrected chi connectivity index (χ1v) is 27.1. The van der Waals surface area contributed by atoms with Gasteiger partial charge in [0.15, 0.2) is 0 Å². The summed E-state index contributed by atoms with van der Waals surface area (Å²) in [6, 6.07) is 54.2. The first-order chi connectivity index (χ1) is 43.5. The Morgan fingerprint density at radius 3 is 1.77 bits per heavy atom. The number of imidazole rings is 1. The number of nitrogens with zero attached hydrogens (tertiary/aromatic N) is 5. The Kier molecular flexibility index (Phi) is 9.00. The van der Waals surface area contributed by atoms with Crippen molar-refractivity contribution in [2.75, 3.05) is 0 Å². The summed E-state index contributed by atoms with van der Waals surface area (Å²) in [6.07, 6.45) is 8.61. The molecule has 4 heterocycles. The second-order valence-electron chi connectivity index (χ2n) is 21.6. The van der Waals surface area contributed by atoms with E-state index in [1.807, 2.05) is 65.4 Å². The van der Waals surface area contributed by atoms with E-state index in [0.717, 1.165) is 59.2 Å². The van der Waals surface area contributed by atoms with Crippen LogP contribution in [0.2, 0.25) is 0 Å². The van der Waals surface area contributed by atoms with Crippen LogP contribution in [0.4, 0.5) is 0 Å². The highest BCUT2D eigenvalue weighted by Gasteiger charge is 2.26. The highest BCUT2D eigenvalue weighted by molar-refractivity contribution is 6.14. The zero-order chi connectivity index (χ0) is 62.2. The molecule has 0 unspecified atom stereocenters. The number of ether oxygens (including phenoxy) is 1. The van der Waals surface area contributed by atoms with Crippen LogP contribution in [0, 0.1) is 6.33 Å². The minimum atomic E-state index is -0.567. The minimum Gasteiger partial charge on any atom is -0.458 e.